The third kappa shape index (κ3) is 5.07. The molecule has 0 aliphatic heterocycles. The fourth-order valence-electron chi connectivity index (χ4n) is 1.90. The van der Waals surface area contributed by atoms with Gasteiger partial charge in [-0.2, -0.15) is 0 Å². The number of benzene rings is 2. The van der Waals surface area contributed by atoms with Crippen molar-refractivity contribution in [3.63, 3.8) is 0 Å². The van der Waals surface area contributed by atoms with Gasteiger partial charge in [-0.05, 0) is 48.9 Å². The molecule has 0 saturated carbocycles. The number of hydrogen-bond acceptors (Lipinski definition) is 3. The van der Waals surface area contributed by atoms with Crippen LogP contribution in [0.4, 0.5) is 4.39 Å². The van der Waals surface area contributed by atoms with Gasteiger partial charge in [-0.15, -0.1) is 0 Å². The Bertz CT molecular complexity index is 686. The molecule has 0 bridgehead atoms. The molecule has 0 aliphatic rings. The number of amides is 1. The van der Waals surface area contributed by atoms with Crippen LogP contribution in [0.1, 0.15) is 28.9 Å². The topological polar surface area (TPSA) is 55.4 Å². The molecule has 1 amide bonds. The van der Waals surface area contributed by atoms with Crippen LogP contribution in [0.5, 0.6) is 0 Å². The van der Waals surface area contributed by atoms with E-state index in [4.69, 9.17) is 16.3 Å². The third-order valence-corrected chi connectivity index (χ3v) is 3.40. The van der Waals surface area contributed by atoms with Crippen LogP contribution in [0.3, 0.4) is 0 Å². The van der Waals surface area contributed by atoms with E-state index in [2.05, 4.69) is 5.32 Å². The molecule has 23 heavy (non-hydrogen) atoms. The Morgan fingerprint density at radius 3 is 2.35 bits per heavy atom. The molecule has 0 aliphatic carbocycles. The molecule has 2 aromatic rings. The highest BCUT2D eigenvalue weighted by Gasteiger charge is 2.13. The minimum Gasteiger partial charge on any atom is -0.456 e. The lowest BCUT2D eigenvalue weighted by atomic mass is 10.1. The molecule has 0 heterocycles. The minimum absolute atomic E-state index is 0.257. The van der Waals surface area contributed by atoms with Crippen molar-refractivity contribution in [3.8, 4) is 0 Å². The van der Waals surface area contributed by atoms with E-state index < -0.39 is 18.0 Å². The van der Waals surface area contributed by atoms with Crippen molar-refractivity contribution in [2.45, 2.75) is 13.0 Å². The van der Waals surface area contributed by atoms with Gasteiger partial charge in [0.15, 0.2) is 0 Å². The summed E-state index contributed by atoms with van der Waals surface area (Å²) in [5.74, 6) is -1.33. The maximum atomic E-state index is 12.8. The Hall–Kier alpha value is -2.40. The molecule has 6 heteroatoms. The molecule has 1 atom stereocenters. The first kappa shape index (κ1) is 17.0. The molecule has 0 saturated heterocycles. The first-order valence-corrected chi connectivity index (χ1v) is 7.32. The van der Waals surface area contributed by atoms with Gasteiger partial charge in [0.2, 0.25) is 0 Å². The standard InChI is InChI=1S/C17H15ClFNO3/c1-11(12-4-8-15(19)9-5-12)23-16(21)10-20-17(22)13-2-6-14(18)7-3-13/h2-9,11H,10H2,1H3,(H,20,22)/t11-/m1/s1. The predicted molar refractivity (Wildman–Crippen MR) is 84.7 cm³/mol. The van der Waals surface area contributed by atoms with Crippen molar-refractivity contribution in [2.75, 3.05) is 6.54 Å². The summed E-state index contributed by atoms with van der Waals surface area (Å²) in [5, 5.41) is 2.99. The van der Waals surface area contributed by atoms with E-state index in [9.17, 15) is 14.0 Å². The van der Waals surface area contributed by atoms with Crippen LogP contribution in [0.25, 0.3) is 0 Å². The predicted octanol–water partition coefficient (Wildman–Crippen LogP) is 3.51. The SMILES string of the molecule is C[C@@H](OC(=O)CNC(=O)c1ccc(Cl)cc1)c1ccc(F)cc1. The number of carbonyl (C=O) groups is 2. The number of esters is 1. The molecule has 0 spiro atoms. The number of nitrogens with one attached hydrogen (secondary N) is 1. The highest BCUT2D eigenvalue weighted by molar-refractivity contribution is 6.30. The molecule has 0 radical (unpaired) electrons. The van der Waals surface area contributed by atoms with Crippen molar-refractivity contribution < 1.29 is 18.7 Å². The van der Waals surface area contributed by atoms with E-state index in [1.807, 2.05) is 0 Å². The lowest BCUT2D eigenvalue weighted by Crippen LogP contribution is -2.31. The fourth-order valence-corrected chi connectivity index (χ4v) is 2.02. The summed E-state index contributed by atoms with van der Waals surface area (Å²) in [6, 6.07) is 12.0. The molecular formula is C17H15ClFNO3. The van der Waals surface area contributed by atoms with Crippen LogP contribution in [-0.2, 0) is 9.53 Å². The largest absolute Gasteiger partial charge is 0.456 e. The quantitative estimate of drug-likeness (QED) is 0.851. The van der Waals surface area contributed by atoms with Gasteiger partial charge in [-0.1, -0.05) is 23.7 Å². The van der Waals surface area contributed by atoms with Gasteiger partial charge in [-0.3, -0.25) is 9.59 Å². The monoisotopic (exact) mass is 335 g/mol. The number of ether oxygens (including phenoxy) is 1. The summed E-state index contributed by atoms with van der Waals surface area (Å²) >= 11 is 5.74. The summed E-state index contributed by atoms with van der Waals surface area (Å²) in [7, 11) is 0. The van der Waals surface area contributed by atoms with Crippen LogP contribution in [0.15, 0.2) is 48.5 Å². The molecular weight excluding hydrogens is 321 g/mol. The van der Waals surface area contributed by atoms with Crippen molar-refractivity contribution in [3.05, 3.63) is 70.5 Å². The van der Waals surface area contributed by atoms with E-state index in [0.717, 1.165) is 0 Å². The molecule has 2 rings (SSSR count). The van der Waals surface area contributed by atoms with E-state index in [-0.39, 0.29) is 12.4 Å². The van der Waals surface area contributed by atoms with E-state index in [0.29, 0.717) is 16.1 Å². The van der Waals surface area contributed by atoms with Gasteiger partial charge in [0.05, 0.1) is 0 Å². The third-order valence-electron chi connectivity index (χ3n) is 3.15. The van der Waals surface area contributed by atoms with Crippen molar-refractivity contribution in [2.24, 2.45) is 0 Å². The highest BCUT2D eigenvalue weighted by Crippen LogP contribution is 2.17. The number of rotatable bonds is 5. The second-order valence-electron chi connectivity index (χ2n) is 4.87. The van der Waals surface area contributed by atoms with Gasteiger partial charge >= 0.3 is 5.97 Å². The number of carbonyl (C=O) groups excluding carboxylic acids is 2. The maximum absolute atomic E-state index is 12.8. The van der Waals surface area contributed by atoms with Gasteiger partial charge in [0, 0.05) is 10.6 Å². The van der Waals surface area contributed by atoms with Crippen LogP contribution in [0, 0.1) is 5.82 Å². The van der Waals surface area contributed by atoms with E-state index >= 15 is 0 Å². The van der Waals surface area contributed by atoms with Gasteiger partial charge < -0.3 is 10.1 Å². The minimum atomic E-state index is -0.580. The Kier molecular flexibility index (Phi) is 5.71. The lowest BCUT2D eigenvalue weighted by molar-refractivity contribution is -0.147. The molecule has 120 valence electrons. The summed E-state index contributed by atoms with van der Waals surface area (Å²) < 4.78 is 18.0. The van der Waals surface area contributed by atoms with E-state index in [1.165, 1.54) is 12.1 Å². The zero-order chi connectivity index (χ0) is 16.8. The second kappa shape index (κ2) is 7.74. The zero-order valence-corrected chi connectivity index (χ0v) is 13.1. The molecule has 0 unspecified atom stereocenters. The van der Waals surface area contributed by atoms with Crippen molar-refractivity contribution in [1.82, 2.24) is 5.32 Å². The Labute approximate surface area is 138 Å². The van der Waals surface area contributed by atoms with Gasteiger partial charge in [0.25, 0.3) is 5.91 Å². The van der Waals surface area contributed by atoms with Crippen molar-refractivity contribution in [1.29, 1.82) is 0 Å². The molecule has 4 nitrogen and oxygen atoms in total. The lowest BCUT2D eigenvalue weighted by Gasteiger charge is -2.14. The van der Waals surface area contributed by atoms with Gasteiger partial charge in [-0.25, -0.2) is 4.39 Å². The molecule has 2 aromatic carbocycles. The molecule has 1 N–H and O–H groups in total. The zero-order valence-electron chi connectivity index (χ0n) is 12.4. The summed E-state index contributed by atoms with van der Waals surface area (Å²) in [6.07, 6.45) is -0.532. The van der Waals surface area contributed by atoms with Crippen LogP contribution < -0.4 is 5.32 Å². The summed E-state index contributed by atoms with van der Waals surface area (Å²) in [4.78, 5) is 23.6. The summed E-state index contributed by atoms with van der Waals surface area (Å²) in [5.41, 5.74) is 1.07. The maximum Gasteiger partial charge on any atom is 0.326 e. The van der Waals surface area contributed by atoms with Crippen LogP contribution >= 0.6 is 11.6 Å². The molecule has 0 fully saturated rings. The number of hydrogen-bond donors (Lipinski definition) is 1. The average molecular weight is 336 g/mol. The Balaban J connectivity index is 1.83. The fraction of sp³-hybridized carbons (Fsp3) is 0.176. The first-order valence-electron chi connectivity index (χ1n) is 6.94. The normalized spacial score (nSPS) is 11.6. The smallest absolute Gasteiger partial charge is 0.326 e. The van der Waals surface area contributed by atoms with E-state index in [1.54, 1.807) is 43.3 Å². The highest BCUT2D eigenvalue weighted by atomic mass is 35.5. The van der Waals surface area contributed by atoms with Gasteiger partial charge in [0.1, 0.15) is 18.5 Å². The summed E-state index contributed by atoms with van der Waals surface area (Å²) in [6.45, 7) is 1.42. The average Bonchev–Trinajstić information content (AvgIpc) is 2.54. The second-order valence-corrected chi connectivity index (χ2v) is 5.31. The first-order chi connectivity index (χ1) is 11.0. The van der Waals surface area contributed by atoms with Crippen LogP contribution in [-0.4, -0.2) is 18.4 Å². The number of halogens is 2. The Morgan fingerprint density at radius 1 is 1.13 bits per heavy atom. The van der Waals surface area contributed by atoms with Crippen molar-refractivity contribution >= 4 is 23.5 Å². The van der Waals surface area contributed by atoms with Crippen LogP contribution in [0.2, 0.25) is 5.02 Å². The Morgan fingerprint density at radius 2 is 1.74 bits per heavy atom. The molecule has 0 aromatic heterocycles.